The van der Waals surface area contributed by atoms with E-state index < -0.39 is 0 Å². The van der Waals surface area contributed by atoms with Gasteiger partial charge in [0.2, 0.25) is 0 Å². The summed E-state index contributed by atoms with van der Waals surface area (Å²) in [4.78, 5) is 2.44. The van der Waals surface area contributed by atoms with E-state index in [1.165, 1.54) is 5.56 Å². The molecule has 16 heavy (non-hydrogen) atoms. The molecular formula is C13H20N2O. The van der Waals surface area contributed by atoms with Crippen LogP contribution in [-0.4, -0.2) is 44.2 Å². The number of piperazine rings is 1. The molecular weight excluding hydrogens is 200 g/mol. The summed E-state index contributed by atoms with van der Waals surface area (Å²) in [5.74, 6) is 1.01. The Kier molecular flexibility index (Phi) is 4.19. The summed E-state index contributed by atoms with van der Waals surface area (Å²) >= 11 is 0. The smallest absolute Gasteiger partial charge is 0.122 e. The summed E-state index contributed by atoms with van der Waals surface area (Å²) in [5.41, 5.74) is 1.21. The summed E-state index contributed by atoms with van der Waals surface area (Å²) in [6.07, 6.45) is 0. The molecule has 3 nitrogen and oxygen atoms in total. The lowest BCUT2D eigenvalue weighted by molar-refractivity contribution is 0.191. The molecule has 0 amide bonds. The van der Waals surface area contributed by atoms with Crippen molar-refractivity contribution in [3.8, 4) is 5.75 Å². The molecule has 0 radical (unpaired) electrons. The van der Waals surface area contributed by atoms with Gasteiger partial charge in [0.05, 0.1) is 0 Å². The van der Waals surface area contributed by atoms with Crippen molar-refractivity contribution in [3.05, 3.63) is 29.8 Å². The van der Waals surface area contributed by atoms with Crippen LogP contribution < -0.4 is 10.1 Å². The molecule has 0 aromatic heterocycles. The minimum atomic E-state index is 0.783. The fourth-order valence-electron chi connectivity index (χ4n) is 1.94. The van der Waals surface area contributed by atoms with E-state index in [0.717, 1.165) is 45.1 Å². The van der Waals surface area contributed by atoms with Gasteiger partial charge in [0.25, 0.3) is 0 Å². The van der Waals surface area contributed by atoms with Crippen LogP contribution in [0.1, 0.15) is 5.56 Å². The molecule has 1 saturated heterocycles. The SMILES string of the molecule is Cc1ccccc1OCCN1CCNCC1. The molecule has 1 heterocycles. The van der Waals surface area contributed by atoms with E-state index in [1.54, 1.807) is 0 Å². The molecule has 0 saturated carbocycles. The zero-order chi connectivity index (χ0) is 11.2. The van der Waals surface area contributed by atoms with Crippen LogP contribution in [0.3, 0.4) is 0 Å². The van der Waals surface area contributed by atoms with E-state index in [2.05, 4.69) is 23.2 Å². The Morgan fingerprint density at radius 2 is 2.00 bits per heavy atom. The molecule has 2 rings (SSSR count). The average molecular weight is 220 g/mol. The summed E-state index contributed by atoms with van der Waals surface area (Å²) < 4.78 is 5.78. The molecule has 0 spiro atoms. The molecule has 88 valence electrons. The monoisotopic (exact) mass is 220 g/mol. The Labute approximate surface area is 97.4 Å². The number of hydrogen-bond donors (Lipinski definition) is 1. The van der Waals surface area contributed by atoms with E-state index in [-0.39, 0.29) is 0 Å². The highest BCUT2D eigenvalue weighted by atomic mass is 16.5. The number of benzene rings is 1. The molecule has 0 aliphatic carbocycles. The van der Waals surface area contributed by atoms with Crippen LogP contribution in [0, 0.1) is 6.92 Å². The number of para-hydroxylation sites is 1. The van der Waals surface area contributed by atoms with Crippen molar-refractivity contribution in [1.82, 2.24) is 10.2 Å². The average Bonchev–Trinajstić information content (AvgIpc) is 2.33. The van der Waals surface area contributed by atoms with E-state index in [4.69, 9.17) is 4.74 Å². The van der Waals surface area contributed by atoms with Gasteiger partial charge < -0.3 is 10.1 Å². The number of nitrogens with zero attached hydrogens (tertiary/aromatic N) is 1. The highest BCUT2D eigenvalue weighted by Gasteiger charge is 2.08. The Balaban J connectivity index is 1.73. The van der Waals surface area contributed by atoms with Crippen molar-refractivity contribution >= 4 is 0 Å². The summed E-state index contributed by atoms with van der Waals surface area (Å²) in [6, 6.07) is 8.18. The molecule has 0 unspecified atom stereocenters. The van der Waals surface area contributed by atoms with Gasteiger partial charge in [-0.2, -0.15) is 0 Å². The van der Waals surface area contributed by atoms with Gasteiger partial charge in [-0.25, -0.2) is 0 Å². The maximum Gasteiger partial charge on any atom is 0.122 e. The van der Waals surface area contributed by atoms with Gasteiger partial charge in [-0.3, -0.25) is 4.90 Å². The van der Waals surface area contributed by atoms with Crippen LogP contribution in [0.4, 0.5) is 0 Å². The number of hydrogen-bond acceptors (Lipinski definition) is 3. The van der Waals surface area contributed by atoms with Gasteiger partial charge in [-0.05, 0) is 18.6 Å². The highest BCUT2D eigenvalue weighted by Crippen LogP contribution is 2.15. The number of rotatable bonds is 4. The lowest BCUT2D eigenvalue weighted by atomic mass is 10.2. The van der Waals surface area contributed by atoms with Crippen molar-refractivity contribution in [2.45, 2.75) is 6.92 Å². The van der Waals surface area contributed by atoms with Crippen LogP contribution in [0.2, 0.25) is 0 Å². The van der Waals surface area contributed by atoms with Crippen LogP contribution in [-0.2, 0) is 0 Å². The Morgan fingerprint density at radius 3 is 2.75 bits per heavy atom. The largest absolute Gasteiger partial charge is 0.492 e. The van der Waals surface area contributed by atoms with Crippen LogP contribution in [0.15, 0.2) is 24.3 Å². The first-order chi connectivity index (χ1) is 7.86. The van der Waals surface area contributed by atoms with E-state index in [1.807, 2.05) is 18.2 Å². The Morgan fingerprint density at radius 1 is 1.25 bits per heavy atom. The first-order valence-electron chi connectivity index (χ1n) is 5.98. The zero-order valence-corrected chi connectivity index (χ0v) is 9.91. The van der Waals surface area contributed by atoms with Gasteiger partial charge in [0.15, 0.2) is 0 Å². The third-order valence-electron chi connectivity index (χ3n) is 2.97. The standard InChI is InChI=1S/C13H20N2O/c1-12-4-2-3-5-13(12)16-11-10-15-8-6-14-7-9-15/h2-5,14H,6-11H2,1H3. The lowest BCUT2D eigenvalue weighted by Crippen LogP contribution is -2.44. The Hall–Kier alpha value is -1.06. The van der Waals surface area contributed by atoms with E-state index in [9.17, 15) is 0 Å². The van der Waals surface area contributed by atoms with Crippen molar-refractivity contribution < 1.29 is 4.74 Å². The summed E-state index contributed by atoms with van der Waals surface area (Å²) in [6.45, 7) is 8.37. The molecule has 3 heteroatoms. The first kappa shape index (κ1) is 11.4. The molecule has 1 aromatic carbocycles. The van der Waals surface area contributed by atoms with E-state index >= 15 is 0 Å². The second-order valence-corrected chi connectivity index (χ2v) is 4.21. The molecule has 0 atom stereocenters. The van der Waals surface area contributed by atoms with Gasteiger partial charge in [-0.15, -0.1) is 0 Å². The third kappa shape index (κ3) is 3.22. The molecule has 0 bridgehead atoms. The zero-order valence-electron chi connectivity index (χ0n) is 9.91. The highest BCUT2D eigenvalue weighted by molar-refractivity contribution is 5.31. The van der Waals surface area contributed by atoms with Gasteiger partial charge in [-0.1, -0.05) is 18.2 Å². The fourth-order valence-corrected chi connectivity index (χ4v) is 1.94. The van der Waals surface area contributed by atoms with Crippen molar-refractivity contribution in [1.29, 1.82) is 0 Å². The first-order valence-corrected chi connectivity index (χ1v) is 5.98. The lowest BCUT2D eigenvalue weighted by Gasteiger charge is -2.27. The normalized spacial score (nSPS) is 17.3. The van der Waals surface area contributed by atoms with Crippen LogP contribution in [0.25, 0.3) is 0 Å². The molecule has 1 aliphatic rings. The third-order valence-corrected chi connectivity index (χ3v) is 2.97. The van der Waals surface area contributed by atoms with Crippen LogP contribution >= 0.6 is 0 Å². The fraction of sp³-hybridized carbons (Fsp3) is 0.538. The summed E-state index contributed by atoms with van der Waals surface area (Å²) in [7, 11) is 0. The maximum atomic E-state index is 5.78. The molecule has 1 fully saturated rings. The predicted octanol–water partition coefficient (Wildman–Crippen LogP) is 1.28. The van der Waals surface area contributed by atoms with Crippen molar-refractivity contribution in [2.24, 2.45) is 0 Å². The number of nitrogens with one attached hydrogen (secondary N) is 1. The maximum absolute atomic E-state index is 5.78. The molecule has 1 aromatic rings. The predicted molar refractivity (Wildman–Crippen MR) is 66.0 cm³/mol. The summed E-state index contributed by atoms with van der Waals surface area (Å²) in [5, 5.41) is 3.35. The van der Waals surface area contributed by atoms with Gasteiger partial charge >= 0.3 is 0 Å². The van der Waals surface area contributed by atoms with E-state index in [0.29, 0.717) is 0 Å². The van der Waals surface area contributed by atoms with Crippen molar-refractivity contribution in [2.75, 3.05) is 39.3 Å². The van der Waals surface area contributed by atoms with Gasteiger partial charge in [0.1, 0.15) is 12.4 Å². The number of ether oxygens (including phenoxy) is 1. The second kappa shape index (κ2) is 5.87. The van der Waals surface area contributed by atoms with Crippen LogP contribution in [0.5, 0.6) is 5.75 Å². The minimum absolute atomic E-state index is 0.783. The topological polar surface area (TPSA) is 24.5 Å². The van der Waals surface area contributed by atoms with Gasteiger partial charge in [0, 0.05) is 32.7 Å². The minimum Gasteiger partial charge on any atom is -0.492 e. The second-order valence-electron chi connectivity index (χ2n) is 4.21. The molecule has 1 N–H and O–H groups in total. The molecule has 1 aliphatic heterocycles. The quantitative estimate of drug-likeness (QED) is 0.827. The Bertz CT molecular complexity index is 321. The number of aryl methyl sites for hydroxylation is 1. The van der Waals surface area contributed by atoms with Crippen molar-refractivity contribution in [3.63, 3.8) is 0 Å².